The number of nitrogens with zero attached hydrogens (tertiary/aromatic N) is 4. The zero-order valence-corrected chi connectivity index (χ0v) is 18.4. The highest BCUT2D eigenvalue weighted by Gasteiger charge is 2.27. The number of likely N-dealkylation sites (tertiary alicyclic amines) is 1. The van der Waals surface area contributed by atoms with E-state index in [1.807, 2.05) is 30.5 Å². The third-order valence-electron chi connectivity index (χ3n) is 5.71. The van der Waals surface area contributed by atoms with Crippen LogP contribution in [-0.4, -0.2) is 61.7 Å². The molecule has 8 heteroatoms. The first kappa shape index (κ1) is 20.4. The molecule has 0 spiro atoms. The minimum absolute atomic E-state index is 0.325. The largest absolute Gasteiger partial charge is 0.354 e. The Morgan fingerprint density at radius 3 is 2.90 bits per heavy atom. The van der Waals surface area contributed by atoms with Gasteiger partial charge in [-0.3, -0.25) is 9.89 Å². The van der Waals surface area contributed by atoms with E-state index in [1.54, 1.807) is 6.20 Å². The van der Waals surface area contributed by atoms with Crippen LogP contribution in [0, 0.1) is 0 Å². The van der Waals surface area contributed by atoms with Gasteiger partial charge in [-0.25, -0.2) is 4.98 Å². The van der Waals surface area contributed by atoms with Gasteiger partial charge in [0.15, 0.2) is 5.96 Å². The zero-order valence-electron chi connectivity index (χ0n) is 16.9. The maximum absolute atomic E-state index is 6.32. The van der Waals surface area contributed by atoms with E-state index in [0.717, 1.165) is 37.8 Å². The summed E-state index contributed by atoms with van der Waals surface area (Å²) in [6, 6.07) is 8.89. The molecule has 29 heavy (non-hydrogen) atoms. The molecule has 0 amide bonds. The summed E-state index contributed by atoms with van der Waals surface area (Å²) in [5, 5.41) is 10.0. The van der Waals surface area contributed by atoms with Gasteiger partial charge in [0.1, 0.15) is 5.82 Å². The van der Waals surface area contributed by atoms with E-state index in [4.69, 9.17) is 11.6 Å². The number of guanidine groups is 1. The van der Waals surface area contributed by atoms with Gasteiger partial charge in [0.25, 0.3) is 0 Å². The van der Waals surface area contributed by atoms with Crippen LogP contribution >= 0.6 is 22.9 Å². The predicted molar refractivity (Wildman–Crippen MR) is 122 cm³/mol. The van der Waals surface area contributed by atoms with Crippen molar-refractivity contribution in [3.05, 3.63) is 45.7 Å². The number of hydrogen-bond acceptors (Lipinski definition) is 5. The average Bonchev–Trinajstić information content (AvgIpc) is 3.51. The van der Waals surface area contributed by atoms with Gasteiger partial charge >= 0.3 is 0 Å². The number of aromatic nitrogens is 1. The molecule has 2 aliphatic rings. The van der Waals surface area contributed by atoms with Crippen LogP contribution in [0.5, 0.6) is 0 Å². The van der Waals surface area contributed by atoms with E-state index in [1.165, 1.54) is 30.8 Å². The number of pyridine rings is 1. The maximum atomic E-state index is 6.32. The topological polar surface area (TPSA) is 55.8 Å². The minimum atomic E-state index is 0.325. The normalized spacial score (nSPS) is 21.5. The van der Waals surface area contributed by atoms with Crippen LogP contribution in [0.3, 0.4) is 0 Å². The van der Waals surface area contributed by atoms with Crippen molar-refractivity contribution in [2.75, 3.05) is 44.7 Å². The zero-order chi connectivity index (χ0) is 20.1. The molecular formula is C21H29ClN6S. The van der Waals surface area contributed by atoms with Gasteiger partial charge in [-0.2, -0.15) is 0 Å². The molecule has 156 valence electrons. The number of nitrogens with one attached hydrogen (secondary N) is 2. The van der Waals surface area contributed by atoms with Crippen molar-refractivity contribution in [1.29, 1.82) is 0 Å². The second kappa shape index (κ2) is 9.78. The van der Waals surface area contributed by atoms with E-state index in [0.29, 0.717) is 17.1 Å². The highest BCUT2D eigenvalue weighted by Crippen LogP contribution is 2.28. The van der Waals surface area contributed by atoms with E-state index in [-0.39, 0.29) is 0 Å². The van der Waals surface area contributed by atoms with Gasteiger partial charge in [0, 0.05) is 43.8 Å². The molecule has 2 aromatic rings. The lowest BCUT2D eigenvalue weighted by molar-refractivity contribution is 0.249. The molecular weight excluding hydrogens is 404 g/mol. The summed E-state index contributed by atoms with van der Waals surface area (Å²) in [6.45, 7) is 5.04. The summed E-state index contributed by atoms with van der Waals surface area (Å²) in [5.41, 5.74) is 0. The highest BCUT2D eigenvalue weighted by atomic mass is 35.5. The van der Waals surface area contributed by atoms with Crippen molar-refractivity contribution in [2.45, 2.75) is 31.3 Å². The molecule has 2 atom stereocenters. The molecule has 4 rings (SSSR count). The molecule has 2 saturated heterocycles. The number of rotatable bonds is 6. The molecule has 0 saturated carbocycles. The second-order valence-corrected chi connectivity index (χ2v) is 9.00. The van der Waals surface area contributed by atoms with Crippen LogP contribution in [0.25, 0.3) is 0 Å². The molecule has 0 aliphatic carbocycles. The third kappa shape index (κ3) is 5.02. The Balaban J connectivity index is 1.33. The van der Waals surface area contributed by atoms with Crippen molar-refractivity contribution in [3.8, 4) is 0 Å². The van der Waals surface area contributed by atoms with Crippen LogP contribution in [0.1, 0.15) is 30.2 Å². The fourth-order valence-electron chi connectivity index (χ4n) is 4.21. The van der Waals surface area contributed by atoms with Gasteiger partial charge in [-0.1, -0.05) is 17.7 Å². The Labute approximate surface area is 182 Å². The summed E-state index contributed by atoms with van der Waals surface area (Å²) < 4.78 is 0. The summed E-state index contributed by atoms with van der Waals surface area (Å²) >= 11 is 8.16. The first-order valence-electron chi connectivity index (χ1n) is 10.3. The fourth-order valence-corrected chi connectivity index (χ4v) is 5.31. The van der Waals surface area contributed by atoms with Gasteiger partial charge in [-0.15, -0.1) is 11.3 Å². The number of aliphatic imine (C=N–C) groups is 1. The Bertz CT molecular complexity index is 805. The van der Waals surface area contributed by atoms with E-state index < -0.39 is 0 Å². The maximum Gasteiger partial charge on any atom is 0.191 e. The Kier molecular flexibility index (Phi) is 6.90. The first-order valence-corrected chi connectivity index (χ1v) is 11.6. The Morgan fingerprint density at radius 1 is 1.31 bits per heavy atom. The molecule has 0 aromatic carbocycles. The molecule has 2 unspecified atom stereocenters. The van der Waals surface area contributed by atoms with E-state index >= 15 is 0 Å². The predicted octanol–water partition coefficient (Wildman–Crippen LogP) is 3.38. The summed E-state index contributed by atoms with van der Waals surface area (Å²) in [6.07, 6.45) is 5.42. The lowest BCUT2D eigenvalue weighted by atomic mass is 10.2. The highest BCUT2D eigenvalue weighted by molar-refractivity contribution is 7.10. The number of hydrogen-bond donors (Lipinski definition) is 2. The SMILES string of the molecule is CN=C(NCC(c1cccs1)N1CCCC1)NC1CCN(c2ncccc2Cl)C1. The standard InChI is InChI=1S/C21H29ClN6S/c1-23-21(25-14-18(19-7-5-13-29-19)27-10-2-3-11-27)26-16-8-12-28(15-16)20-17(22)6-4-9-24-20/h4-7,9,13,16,18H,2-3,8,10-12,14-15H2,1H3,(H2,23,25,26). The molecule has 2 N–H and O–H groups in total. The van der Waals surface area contributed by atoms with Crippen molar-refractivity contribution in [1.82, 2.24) is 20.5 Å². The van der Waals surface area contributed by atoms with Crippen LogP contribution in [0.15, 0.2) is 40.8 Å². The van der Waals surface area contributed by atoms with Gasteiger partial charge in [0.05, 0.1) is 11.1 Å². The quantitative estimate of drug-likeness (QED) is 0.541. The summed E-state index contributed by atoms with van der Waals surface area (Å²) in [5.74, 6) is 1.73. The van der Waals surface area contributed by atoms with Gasteiger partial charge in [-0.05, 0) is 55.9 Å². The van der Waals surface area contributed by atoms with Crippen LogP contribution in [0.4, 0.5) is 5.82 Å². The van der Waals surface area contributed by atoms with Gasteiger partial charge in [0.2, 0.25) is 0 Å². The second-order valence-electron chi connectivity index (χ2n) is 7.61. The minimum Gasteiger partial charge on any atom is -0.354 e. The molecule has 0 bridgehead atoms. The van der Waals surface area contributed by atoms with Crippen molar-refractivity contribution in [2.24, 2.45) is 4.99 Å². The molecule has 2 fully saturated rings. The first-order chi connectivity index (χ1) is 14.2. The number of thiophene rings is 1. The monoisotopic (exact) mass is 432 g/mol. The Hall–Kier alpha value is -1.83. The molecule has 2 aromatic heterocycles. The number of anilines is 1. The average molecular weight is 433 g/mol. The molecule has 2 aliphatic heterocycles. The van der Waals surface area contributed by atoms with Crippen molar-refractivity contribution >= 4 is 34.7 Å². The third-order valence-corrected chi connectivity index (χ3v) is 6.98. The van der Waals surface area contributed by atoms with E-state index in [2.05, 4.69) is 47.9 Å². The van der Waals surface area contributed by atoms with Crippen LogP contribution in [-0.2, 0) is 0 Å². The summed E-state index contributed by atoms with van der Waals surface area (Å²) in [4.78, 5) is 15.2. The molecule has 4 heterocycles. The van der Waals surface area contributed by atoms with E-state index in [9.17, 15) is 0 Å². The Morgan fingerprint density at radius 2 is 2.17 bits per heavy atom. The smallest absolute Gasteiger partial charge is 0.191 e. The lowest BCUT2D eigenvalue weighted by Crippen LogP contribution is -2.47. The summed E-state index contributed by atoms with van der Waals surface area (Å²) in [7, 11) is 1.84. The van der Waals surface area contributed by atoms with Crippen LogP contribution in [0.2, 0.25) is 5.02 Å². The van der Waals surface area contributed by atoms with Gasteiger partial charge < -0.3 is 15.5 Å². The van der Waals surface area contributed by atoms with Crippen LogP contribution < -0.4 is 15.5 Å². The van der Waals surface area contributed by atoms with Crippen molar-refractivity contribution in [3.63, 3.8) is 0 Å². The fraction of sp³-hybridized carbons (Fsp3) is 0.524. The lowest BCUT2D eigenvalue weighted by Gasteiger charge is -2.28. The molecule has 0 radical (unpaired) electrons. The number of halogens is 1. The molecule has 6 nitrogen and oxygen atoms in total. The van der Waals surface area contributed by atoms with Crippen molar-refractivity contribution < 1.29 is 0 Å².